The van der Waals surface area contributed by atoms with Crippen molar-refractivity contribution in [2.24, 2.45) is 0 Å². The second kappa shape index (κ2) is 2.49. The Morgan fingerprint density at radius 3 is 2.67 bits per heavy atom. The fourth-order valence-corrected chi connectivity index (χ4v) is 1.52. The molecule has 2 heterocycles. The van der Waals surface area contributed by atoms with Gasteiger partial charge in [-0.1, -0.05) is 0 Å². The van der Waals surface area contributed by atoms with Crippen LogP contribution in [0.15, 0.2) is 0 Å². The molecule has 0 saturated carbocycles. The molecule has 0 aliphatic rings. The number of H-pyrrole nitrogens is 3. The van der Waals surface area contributed by atoms with Gasteiger partial charge < -0.3 is 15.0 Å². The highest BCUT2D eigenvalue weighted by molar-refractivity contribution is 7.71. The molecule has 0 unspecified atom stereocenters. The van der Waals surface area contributed by atoms with Gasteiger partial charge in [0.2, 0.25) is 0 Å². The van der Waals surface area contributed by atoms with E-state index in [9.17, 15) is 0 Å². The molecule has 0 spiro atoms. The molecule has 3 N–H and O–H groups in total. The maximum absolute atomic E-state index is 4.92. The zero-order valence-corrected chi connectivity index (χ0v) is 7.90. The van der Waals surface area contributed by atoms with Gasteiger partial charge in [-0.2, -0.15) is 0 Å². The standard InChI is InChI=1S/C6H6N4S2/c1-2-3-4(9-5(11)7-2)10-6(12)8-3/h1H3,(H3,7,8,9,10,11,12). The summed E-state index contributed by atoms with van der Waals surface area (Å²) in [6.45, 7) is 1.92. The third-order valence-electron chi connectivity index (χ3n) is 1.59. The van der Waals surface area contributed by atoms with Crippen molar-refractivity contribution < 1.29 is 0 Å². The van der Waals surface area contributed by atoms with E-state index in [2.05, 4.69) is 19.9 Å². The number of imidazole rings is 1. The molecule has 6 heteroatoms. The number of aromatic amines is 3. The van der Waals surface area contributed by atoms with Crippen molar-refractivity contribution in [3.63, 3.8) is 0 Å². The molecule has 0 fully saturated rings. The van der Waals surface area contributed by atoms with Crippen molar-refractivity contribution in [1.29, 1.82) is 0 Å². The minimum Gasteiger partial charge on any atom is -0.333 e. The van der Waals surface area contributed by atoms with Crippen LogP contribution in [0.4, 0.5) is 0 Å². The molecule has 0 amide bonds. The second-order valence-corrected chi connectivity index (χ2v) is 3.26. The summed E-state index contributed by atoms with van der Waals surface area (Å²) >= 11 is 9.82. The van der Waals surface area contributed by atoms with E-state index in [1.807, 2.05) is 6.92 Å². The summed E-state index contributed by atoms with van der Waals surface area (Å²) in [6, 6.07) is 0. The van der Waals surface area contributed by atoms with Gasteiger partial charge in [0.1, 0.15) is 5.52 Å². The lowest BCUT2D eigenvalue weighted by atomic mass is 10.4. The summed E-state index contributed by atoms with van der Waals surface area (Å²) < 4.78 is 1.03. The number of nitrogens with one attached hydrogen (secondary N) is 3. The first-order valence-electron chi connectivity index (χ1n) is 3.36. The number of hydrogen-bond donors (Lipinski definition) is 3. The molecule has 2 aromatic heterocycles. The summed E-state index contributed by atoms with van der Waals surface area (Å²) in [7, 11) is 0. The van der Waals surface area contributed by atoms with Gasteiger partial charge in [-0.25, -0.2) is 4.98 Å². The number of fused-ring (bicyclic) bond motifs is 1. The van der Waals surface area contributed by atoms with Crippen LogP contribution in [0.2, 0.25) is 0 Å². The monoisotopic (exact) mass is 198 g/mol. The molecule has 0 radical (unpaired) electrons. The van der Waals surface area contributed by atoms with E-state index in [1.54, 1.807) is 0 Å². The number of aryl methyl sites for hydroxylation is 1. The van der Waals surface area contributed by atoms with Crippen molar-refractivity contribution in [3.8, 4) is 0 Å². The molecule has 0 aliphatic carbocycles. The third kappa shape index (κ3) is 1.09. The van der Waals surface area contributed by atoms with Gasteiger partial charge in [-0.05, 0) is 31.4 Å². The Labute approximate surface area is 78.1 Å². The lowest BCUT2D eigenvalue weighted by molar-refractivity contribution is 1.11. The first-order chi connectivity index (χ1) is 5.66. The predicted molar refractivity (Wildman–Crippen MR) is 51.2 cm³/mol. The van der Waals surface area contributed by atoms with Crippen molar-refractivity contribution in [3.05, 3.63) is 15.2 Å². The summed E-state index contributed by atoms with van der Waals surface area (Å²) in [5.41, 5.74) is 2.53. The van der Waals surface area contributed by atoms with Crippen LogP contribution < -0.4 is 0 Å². The molecule has 0 atom stereocenters. The molecular formula is C6H6N4S2. The van der Waals surface area contributed by atoms with Crippen molar-refractivity contribution >= 4 is 35.6 Å². The van der Waals surface area contributed by atoms with Gasteiger partial charge in [-0.15, -0.1) is 0 Å². The molecular weight excluding hydrogens is 192 g/mol. The zero-order chi connectivity index (χ0) is 8.72. The lowest BCUT2D eigenvalue weighted by Crippen LogP contribution is -1.87. The van der Waals surface area contributed by atoms with E-state index in [0.29, 0.717) is 15.2 Å². The van der Waals surface area contributed by atoms with Gasteiger partial charge >= 0.3 is 0 Å². The normalized spacial score (nSPS) is 10.8. The maximum Gasteiger partial charge on any atom is 0.199 e. The Morgan fingerprint density at radius 2 is 1.92 bits per heavy atom. The Morgan fingerprint density at radius 1 is 1.17 bits per heavy atom. The number of rotatable bonds is 0. The molecule has 2 rings (SSSR count). The minimum absolute atomic E-state index is 0.463. The Bertz CT molecular complexity index is 532. The topological polar surface area (TPSA) is 60.3 Å². The Balaban J connectivity index is 3.07. The van der Waals surface area contributed by atoms with Gasteiger partial charge in [-0.3, -0.25) is 0 Å². The van der Waals surface area contributed by atoms with E-state index in [0.717, 1.165) is 11.2 Å². The molecule has 2 aromatic rings. The van der Waals surface area contributed by atoms with Gasteiger partial charge in [0.25, 0.3) is 0 Å². The molecule has 0 aromatic carbocycles. The van der Waals surface area contributed by atoms with E-state index >= 15 is 0 Å². The van der Waals surface area contributed by atoms with Gasteiger partial charge in [0.15, 0.2) is 15.2 Å². The van der Waals surface area contributed by atoms with E-state index < -0.39 is 0 Å². The molecule has 0 saturated heterocycles. The average molecular weight is 198 g/mol. The molecule has 12 heavy (non-hydrogen) atoms. The van der Waals surface area contributed by atoms with Crippen molar-refractivity contribution in [1.82, 2.24) is 19.9 Å². The van der Waals surface area contributed by atoms with Crippen LogP contribution in [-0.2, 0) is 0 Å². The van der Waals surface area contributed by atoms with Crippen LogP contribution in [0.3, 0.4) is 0 Å². The van der Waals surface area contributed by atoms with Crippen LogP contribution in [0, 0.1) is 16.5 Å². The summed E-state index contributed by atoms with van der Waals surface area (Å²) in [4.78, 5) is 12.9. The lowest BCUT2D eigenvalue weighted by Gasteiger charge is -1.92. The largest absolute Gasteiger partial charge is 0.333 e. The van der Waals surface area contributed by atoms with Crippen LogP contribution in [0.25, 0.3) is 11.2 Å². The fraction of sp³-hybridized carbons (Fsp3) is 0.167. The van der Waals surface area contributed by atoms with E-state index in [-0.39, 0.29) is 0 Å². The molecule has 0 bridgehead atoms. The van der Waals surface area contributed by atoms with E-state index in [1.165, 1.54) is 0 Å². The number of hydrogen-bond acceptors (Lipinski definition) is 3. The number of aromatic nitrogens is 4. The first kappa shape index (κ1) is 7.63. The SMILES string of the molecule is Cc1[nH]c(=S)nc2[nH]c(=S)[nH]c12. The van der Waals surface area contributed by atoms with Crippen LogP contribution in [-0.4, -0.2) is 19.9 Å². The predicted octanol–water partition coefficient (Wildman–Crippen LogP) is 1.99. The quantitative estimate of drug-likeness (QED) is 0.567. The van der Waals surface area contributed by atoms with Crippen LogP contribution in [0.5, 0.6) is 0 Å². The van der Waals surface area contributed by atoms with Gasteiger partial charge in [0.05, 0.1) is 0 Å². The summed E-state index contributed by atoms with van der Waals surface area (Å²) in [5.74, 6) is 0. The summed E-state index contributed by atoms with van der Waals surface area (Å²) in [6.07, 6.45) is 0. The molecule has 4 nitrogen and oxygen atoms in total. The first-order valence-corrected chi connectivity index (χ1v) is 4.17. The number of nitrogens with zero attached hydrogens (tertiary/aromatic N) is 1. The zero-order valence-electron chi connectivity index (χ0n) is 6.26. The van der Waals surface area contributed by atoms with Crippen molar-refractivity contribution in [2.75, 3.05) is 0 Å². The smallest absolute Gasteiger partial charge is 0.199 e. The highest BCUT2D eigenvalue weighted by Gasteiger charge is 2.00. The highest BCUT2D eigenvalue weighted by Crippen LogP contribution is 2.08. The van der Waals surface area contributed by atoms with Crippen LogP contribution >= 0.6 is 24.4 Å². The molecule has 62 valence electrons. The Kier molecular flexibility index (Phi) is 1.59. The Hall–Kier alpha value is -1.01. The third-order valence-corrected chi connectivity index (χ3v) is 1.99. The van der Waals surface area contributed by atoms with Gasteiger partial charge in [0, 0.05) is 5.69 Å². The second-order valence-electron chi connectivity index (χ2n) is 2.47. The average Bonchev–Trinajstić information content (AvgIpc) is 2.29. The molecule has 0 aliphatic heterocycles. The van der Waals surface area contributed by atoms with Crippen molar-refractivity contribution in [2.45, 2.75) is 6.92 Å². The van der Waals surface area contributed by atoms with E-state index in [4.69, 9.17) is 24.4 Å². The fourth-order valence-electron chi connectivity index (χ4n) is 1.08. The maximum atomic E-state index is 4.92. The highest BCUT2D eigenvalue weighted by atomic mass is 32.1. The summed E-state index contributed by atoms with van der Waals surface area (Å²) in [5, 5.41) is 0. The minimum atomic E-state index is 0.463. The van der Waals surface area contributed by atoms with Crippen LogP contribution in [0.1, 0.15) is 5.69 Å².